The molecule has 0 spiro atoms. The monoisotopic (exact) mass is 389 g/mol. The number of nitrogens with zero attached hydrogens (tertiary/aromatic N) is 2. The highest BCUT2D eigenvalue weighted by Crippen LogP contribution is 2.28. The van der Waals surface area contributed by atoms with E-state index in [0.29, 0.717) is 42.3 Å². The molecule has 1 aromatic heterocycles. The highest BCUT2D eigenvalue weighted by Gasteiger charge is 2.20. The van der Waals surface area contributed by atoms with Crippen molar-refractivity contribution in [3.05, 3.63) is 66.4 Å². The zero-order valence-corrected chi connectivity index (χ0v) is 16.1. The maximum absolute atomic E-state index is 12.7. The minimum atomic E-state index is -0.173. The summed E-state index contributed by atoms with van der Waals surface area (Å²) in [7, 11) is 0. The lowest BCUT2D eigenvalue weighted by Gasteiger charge is -2.15. The number of aromatic nitrogens is 1. The van der Waals surface area contributed by atoms with Crippen molar-refractivity contribution in [1.82, 2.24) is 15.2 Å². The lowest BCUT2D eigenvalue weighted by atomic mass is 10.1. The van der Waals surface area contributed by atoms with Crippen LogP contribution < -0.4 is 5.32 Å². The van der Waals surface area contributed by atoms with Gasteiger partial charge in [-0.1, -0.05) is 42.5 Å². The molecule has 1 N–H and O–H groups in total. The smallest absolute Gasteiger partial charge is 0.252 e. The number of nitrogens with one attached hydrogen (secondary N) is 1. The molecule has 0 aliphatic carbocycles. The van der Waals surface area contributed by atoms with Crippen molar-refractivity contribution >= 4 is 11.8 Å². The van der Waals surface area contributed by atoms with Gasteiger partial charge in [0.1, 0.15) is 0 Å². The molecule has 2 heterocycles. The van der Waals surface area contributed by atoms with Gasteiger partial charge in [0, 0.05) is 37.2 Å². The van der Waals surface area contributed by atoms with Crippen LogP contribution in [0.3, 0.4) is 0 Å². The number of amides is 2. The quantitative estimate of drug-likeness (QED) is 0.625. The molecule has 0 atom stereocenters. The molecule has 1 aliphatic heterocycles. The van der Waals surface area contributed by atoms with Crippen LogP contribution in [0, 0.1) is 0 Å². The molecule has 2 aromatic carbocycles. The van der Waals surface area contributed by atoms with E-state index in [0.717, 1.165) is 24.9 Å². The average molecular weight is 389 g/mol. The van der Waals surface area contributed by atoms with Crippen LogP contribution in [0.2, 0.25) is 0 Å². The largest absolute Gasteiger partial charge is 0.436 e. The summed E-state index contributed by atoms with van der Waals surface area (Å²) in [5.41, 5.74) is 2.11. The molecule has 29 heavy (non-hydrogen) atoms. The number of oxazole rings is 1. The highest BCUT2D eigenvalue weighted by atomic mass is 16.4. The van der Waals surface area contributed by atoms with Gasteiger partial charge in [-0.2, -0.15) is 0 Å². The third kappa shape index (κ3) is 4.37. The Morgan fingerprint density at radius 2 is 1.90 bits per heavy atom. The van der Waals surface area contributed by atoms with Gasteiger partial charge >= 0.3 is 0 Å². The molecule has 6 nitrogen and oxygen atoms in total. The van der Waals surface area contributed by atoms with E-state index in [-0.39, 0.29) is 11.8 Å². The Balaban J connectivity index is 1.42. The second-order valence-electron chi connectivity index (χ2n) is 7.04. The van der Waals surface area contributed by atoms with Crippen LogP contribution in [0.1, 0.15) is 29.6 Å². The maximum atomic E-state index is 12.7. The van der Waals surface area contributed by atoms with Crippen LogP contribution in [-0.4, -0.2) is 41.3 Å². The van der Waals surface area contributed by atoms with E-state index >= 15 is 0 Å². The number of hydrogen-bond acceptors (Lipinski definition) is 4. The SMILES string of the molecule is O=C(NCCCN1CCCC1=O)c1ccccc1-c1ncc(-c2ccccc2)o1. The molecule has 1 fully saturated rings. The second-order valence-corrected chi connectivity index (χ2v) is 7.04. The van der Waals surface area contributed by atoms with Gasteiger partial charge in [-0.25, -0.2) is 4.98 Å². The fraction of sp³-hybridized carbons (Fsp3) is 0.261. The fourth-order valence-electron chi connectivity index (χ4n) is 3.51. The van der Waals surface area contributed by atoms with Crippen molar-refractivity contribution in [2.45, 2.75) is 19.3 Å². The van der Waals surface area contributed by atoms with Crippen LogP contribution in [0.25, 0.3) is 22.8 Å². The minimum Gasteiger partial charge on any atom is -0.436 e. The van der Waals surface area contributed by atoms with E-state index in [1.807, 2.05) is 53.4 Å². The summed E-state index contributed by atoms with van der Waals surface area (Å²) in [6.45, 7) is 2.02. The van der Waals surface area contributed by atoms with E-state index in [9.17, 15) is 9.59 Å². The Morgan fingerprint density at radius 1 is 1.10 bits per heavy atom. The molecule has 0 bridgehead atoms. The van der Waals surface area contributed by atoms with Crippen molar-refractivity contribution in [2.24, 2.45) is 0 Å². The molecule has 0 unspecified atom stereocenters. The Hall–Kier alpha value is -3.41. The van der Waals surface area contributed by atoms with Gasteiger partial charge < -0.3 is 14.6 Å². The van der Waals surface area contributed by atoms with Crippen molar-refractivity contribution < 1.29 is 14.0 Å². The summed E-state index contributed by atoms with van der Waals surface area (Å²) >= 11 is 0. The summed E-state index contributed by atoms with van der Waals surface area (Å²) in [6, 6.07) is 17.0. The Morgan fingerprint density at radius 3 is 2.69 bits per heavy atom. The predicted molar refractivity (Wildman–Crippen MR) is 110 cm³/mol. The molecule has 1 aliphatic rings. The van der Waals surface area contributed by atoms with Gasteiger partial charge in [-0.15, -0.1) is 0 Å². The fourth-order valence-corrected chi connectivity index (χ4v) is 3.51. The molecule has 6 heteroatoms. The van der Waals surface area contributed by atoms with Crippen molar-refractivity contribution in [2.75, 3.05) is 19.6 Å². The number of carbonyl (C=O) groups excluding carboxylic acids is 2. The second kappa shape index (κ2) is 8.73. The predicted octanol–water partition coefficient (Wildman–Crippen LogP) is 3.75. The van der Waals surface area contributed by atoms with Gasteiger partial charge in [0.25, 0.3) is 5.91 Å². The molecular formula is C23H23N3O3. The Labute approximate surface area is 169 Å². The molecule has 2 amide bonds. The van der Waals surface area contributed by atoms with Gasteiger partial charge in [0.15, 0.2) is 5.76 Å². The Kier molecular flexibility index (Phi) is 5.70. The topological polar surface area (TPSA) is 75.4 Å². The zero-order chi connectivity index (χ0) is 20.1. The van der Waals surface area contributed by atoms with Crippen molar-refractivity contribution in [3.63, 3.8) is 0 Å². The molecule has 0 saturated carbocycles. The third-order valence-corrected chi connectivity index (χ3v) is 5.03. The number of likely N-dealkylation sites (tertiary alicyclic amines) is 1. The first-order valence-electron chi connectivity index (χ1n) is 9.89. The first kappa shape index (κ1) is 18.9. The van der Waals surface area contributed by atoms with E-state index in [2.05, 4.69) is 10.3 Å². The van der Waals surface area contributed by atoms with Crippen LogP contribution >= 0.6 is 0 Å². The number of rotatable bonds is 7. The summed E-state index contributed by atoms with van der Waals surface area (Å²) in [4.78, 5) is 30.6. The molecule has 4 rings (SSSR count). The van der Waals surface area contributed by atoms with Gasteiger partial charge in [-0.05, 0) is 25.0 Å². The number of benzene rings is 2. The van der Waals surface area contributed by atoms with Crippen molar-refractivity contribution in [1.29, 1.82) is 0 Å². The van der Waals surface area contributed by atoms with Crippen LogP contribution in [0.5, 0.6) is 0 Å². The summed E-state index contributed by atoms with van der Waals surface area (Å²) in [5.74, 6) is 1.11. The number of carbonyl (C=O) groups is 2. The van der Waals surface area contributed by atoms with Crippen molar-refractivity contribution in [3.8, 4) is 22.8 Å². The van der Waals surface area contributed by atoms with E-state index < -0.39 is 0 Å². The lowest BCUT2D eigenvalue weighted by molar-refractivity contribution is -0.127. The third-order valence-electron chi connectivity index (χ3n) is 5.03. The summed E-state index contributed by atoms with van der Waals surface area (Å²) in [5, 5.41) is 2.94. The van der Waals surface area contributed by atoms with E-state index in [1.165, 1.54) is 0 Å². The number of hydrogen-bond donors (Lipinski definition) is 1. The summed E-state index contributed by atoms with van der Waals surface area (Å²) in [6.07, 6.45) is 3.98. The molecule has 148 valence electrons. The van der Waals surface area contributed by atoms with Gasteiger partial charge in [0.05, 0.1) is 11.8 Å². The normalized spacial score (nSPS) is 13.7. The zero-order valence-electron chi connectivity index (χ0n) is 16.1. The highest BCUT2D eigenvalue weighted by molar-refractivity contribution is 6.00. The first-order valence-corrected chi connectivity index (χ1v) is 9.89. The molecule has 0 radical (unpaired) electrons. The van der Waals surface area contributed by atoms with Gasteiger partial charge in [-0.3, -0.25) is 9.59 Å². The van der Waals surface area contributed by atoms with E-state index in [1.54, 1.807) is 12.3 Å². The molecule has 1 saturated heterocycles. The van der Waals surface area contributed by atoms with Crippen LogP contribution in [0.15, 0.2) is 65.2 Å². The van der Waals surface area contributed by atoms with E-state index in [4.69, 9.17) is 4.42 Å². The Bertz CT molecular complexity index is 997. The lowest BCUT2D eigenvalue weighted by Crippen LogP contribution is -2.30. The first-order chi connectivity index (χ1) is 14.2. The van der Waals surface area contributed by atoms with Crippen LogP contribution in [-0.2, 0) is 4.79 Å². The summed E-state index contributed by atoms with van der Waals surface area (Å²) < 4.78 is 5.92. The average Bonchev–Trinajstić information content (AvgIpc) is 3.41. The van der Waals surface area contributed by atoms with Gasteiger partial charge in [0.2, 0.25) is 11.8 Å². The standard InChI is InChI=1S/C23H23N3O3/c27-21-12-6-14-26(21)15-7-13-24-22(28)18-10-4-5-11-19(18)23-25-16-20(29-23)17-8-2-1-3-9-17/h1-5,8-11,16H,6-7,12-15H2,(H,24,28). The molecular weight excluding hydrogens is 366 g/mol. The molecule has 3 aromatic rings. The van der Waals surface area contributed by atoms with Crippen LogP contribution in [0.4, 0.5) is 0 Å². The minimum absolute atomic E-state index is 0.173. The maximum Gasteiger partial charge on any atom is 0.252 e.